The van der Waals surface area contributed by atoms with Crippen LogP contribution in [0.15, 0.2) is 36.4 Å². The zero-order valence-corrected chi connectivity index (χ0v) is 18.8. The van der Waals surface area contributed by atoms with Crippen molar-refractivity contribution in [2.24, 2.45) is 0 Å². The third kappa shape index (κ3) is 5.70. The normalized spacial score (nSPS) is 16.1. The van der Waals surface area contributed by atoms with E-state index >= 15 is 0 Å². The fourth-order valence-electron chi connectivity index (χ4n) is 3.78. The first kappa shape index (κ1) is 22.4. The first-order chi connectivity index (χ1) is 15.5. The molecule has 0 saturated carbocycles. The Morgan fingerprint density at radius 1 is 1.00 bits per heavy atom. The molecule has 9 heteroatoms. The number of anilines is 1. The first-order valence-electron chi connectivity index (χ1n) is 10.6. The fourth-order valence-corrected chi connectivity index (χ4v) is 3.95. The van der Waals surface area contributed by atoms with E-state index in [2.05, 4.69) is 26.5 Å². The van der Waals surface area contributed by atoms with Crippen LogP contribution in [0, 0.1) is 6.92 Å². The van der Waals surface area contributed by atoms with Crippen molar-refractivity contribution in [3.63, 3.8) is 0 Å². The lowest BCUT2D eigenvalue weighted by Gasteiger charge is -2.34. The van der Waals surface area contributed by atoms with Gasteiger partial charge in [0.05, 0.1) is 13.1 Å². The van der Waals surface area contributed by atoms with Gasteiger partial charge < -0.3 is 20.1 Å². The number of fused-ring (bicyclic) bond motifs is 1. The monoisotopic (exact) mass is 458 g/mol. The fraction of sp³-hybridized carbons (Fsp3) is 0.391. The van der Waals surface area contributed by atoms with E-state index in [4.69, 9.17) is 21.1 Å². The Morgan fingerprint density at radius 2 is 1.75 bits per heavy atom. The second-order valence-electron chi connectivity index (χ2n) is 7.98. The highest BCUT2D eigenvalue weighted by Crippen LogP contribution is 2.32. The number of nitrogens with zero attached hydrogens (tertiary/aromatic N) is 2. The largest absolute Gasteiger partial charge is 0.454 e. The lowest BCUT2D eigenvalue weighted by molar-refractivity contribution is -0.125. The van der Waals surface area contributed by atoms with Gasteiger partial charge in [-0.2, -0.15) is 0 Å². The molecule has 1 saturated heterocycles. The lowest BCUT2D eigenvalue weighted by Crippen LogP contribution is -2.49. The van der Waals surface area contributed by atoms with E-state index in [1.807, 2.05) is 19.1 Å². The molecule has 170 valence electrons. The summed E-state index contributed by atoms with van der Waals surface area (Å²) in [6, 6.07) is 11.4. The molecule has 1 fully saturated rings. The van der Waals surface area contributed by atoms with Gasteiger partial charge in [-0.1, -0.05) is 23.7 Å². The molecule has 2 N–H and O–H groups in total. The van der Waals surface area contributed by atoms with E-state index in [0.717, 1.165) is 49.8 Å². The molecule has 2 aliphatic rings. The van der Waals surface area contributed by atoms with Crippen LogP contribution in [-0.4, -0.2) is 67.7 Å². The molecule has 4 rings (SSSR count). The van der Waals surface area contributed by atoms with Crippen molar-refractivity contribution in [3.05, 3.63) is 52.5 Å². The molecule has 2 aromatic carbocycles. The van der Waals surface area contributed by atoms with Crippen molar-refractivity contribution < 1.29 is 19.1 Å². The minimum Gasteiger partial charge on any atom is -0.454 e. The summed E-state index contributed by atoms with van der Waals surface area (Å²) in [5, 5.41) is 6.06. The summed E-state index contributed by atoms with van der Waals surface area (Å²) in [5.41, 5.74) is 2.63. The quantitative estimate of drug-likeness (QED) is 0.662. The van der Waals surface area contributed by atoms with Crippen LogP contribution in [0.5, 0.6) is 11.5 Å². The average molecular weight is 459 g/mol. The number of carbonyl (C=O) groups excluding carboxylic acids is 2. The highest BCUT2D eigenvalue weighted by molar-refractivity contribution is 6.31. The Kier molecular flexibility index (Phi) is 7.14. The smallest absolute Gasteiger partial charge is 0.243 e. The molecule has 2 aliphatic heterocycles. The maximum Gasteiger partial charge on any atom is 0.243 e. The van der Waals surface area contributed by atoms with E-state index in [1.165, 1.54) is 5.56 Å². The van der Waals surface area contributed by atoms with Gasteiger partial charge in [0.25, 0.3) is 0 Å². The van der Waals surface area contributed by atoms with Gasteiger partial charge in [0, 0.05) is 43.4 Å². The van der Waals surface area contributed by atoms with Gasteiger partial charge in [-0.25, -0.2) is 0 Å². The van der Waals surface area contributed by atoms with Crippen molar-refractivity contribution in [1.82, 2.24) is 15.1 Å². The number of benzene rings is 2. The Labute approximate surface area is 192 Å². The number of nitrogens with one attached hydrogen (secondary N) is 2. The topological polar surface area (TPSA) is 83.1 Å². The zero-order valence-electron chi connectivity index (χ0n) is 18.0. The summed E-state index contributed by atoms with van der Waals surface area (Å²) in [5.74, 6) is 1.15. The molecule has 2 heterocycles. The summed E-state index contributed by atoms with van der Waals surface area (Å²) < 4.78 is 10.8. The summed E-state index contributed by atoms with van der Waals surface area (Å²) in [6.07, 6.45) is 0. The molecule has 32 heavy (non-hydrogen) atoms. The molecule has 8 nitrogen and oxygen atoms in total. The molecule has 0 aliphatic carbocycles. The number of amides is 2. The Morgan fingerprint density at radius 3 is 2.56 bits per heavy atom. The first-order valence-corrected chi connectivity index (χ1v) is 11.0. The average Bonchev–Trinajstić information content (AvgIpc) is 3.25. The highest BCUT2D eigenvalue weighted by Gasteiger charge is 2.20. The third-order valence-electron chi connectivity index (χ3n) is 5.66. The number of piperazine rings is 1. The predicted octanol–water partition coefficient (Wildman–Crippen LogP) is 2.25. The van der Waals surface area contributed by atoms with E-state index in [0.29, 0.717) is 10.7 Å². The molecule has 0 aromatic heterocycles. The minimum absolute atomic E-state index is 0.0745. The molecule has 0 spiro atoms. The zero-order chi connectivity index (χ0) is 22.5. The minimum atomic E-state index is -0.280. The maximum absolute atomic E-state index is 12.3. The lowest BCUT2D eigenvalue weighted by atomic mass is 10.1. The number of halogens is 1. The van der Waals surface area contributed by atoms with Crippen molar-refractivity contribution >= 4 is 29.1 Å². The van der Waals surface area contributed by atoms with Gasteiger partial charge in [-0.05, 0) is 42.3 Å². The number of rotatable bonds is 7. The summed E-state index contributed by atoms with van der Waals surface area (Å²) >= 11 is 6.07. The van der Waals surface area contributed by atoms with Gasteiger partial charge in [0.2, 0.25) is 18.6 Å². The maximum atomic E-state index is 12.3. The number of hydrogen-bond donors (Lipinski definition) is 2. The molecule has 0 bridgehead atoms. The highest BCUT2D eigenvalue weighted by atomic mass is 35.5. The Balaban J connectivity index is 1.16. The molecule has 2 amide bonds. The van der Waals surface area contributed by atoms with Crippen LogP contribution < -0.4 is 20.1 Å². The number of ether oxygens (including phenoxy) is 2. The van der Waals surface area contributed by atoms with E-state index in [9.17, 15) is 9.59 Å². The van der Waals surface area contributed by atoms with Crippen LogP contribution in [0.1, 0.15) is 11.1 Å². The van der Waals surface area contributed by atoms with Crippen molar-refractivity contribution in [2.45, 2.75) is 13.5 Å². The predicted molar refractivity (Wildman–Crippen MR) is 122 cm³/mol. The van der Waals surface area contributed by atoms with E-state index in [1.54, 1.807) is 18.2 Å². The second kappa shape index (κ2) is 10.2. The molecule has 0 unspecified atom stereocenters. The SMILES string of the molecule is Cc1c(Cl)cccc1NC(=O)CNC(=O)CN1CCN(Cc2ccc3c(c2)OCO3)CC1. The molecule has 0 atom stereocenters. The second-order valence-corrected chi connectivity index (χ2v) is 8.38. The van der Waals surface area contributed by atoms with Crippen LogP contribution in [0.3, 0.4) is 0 Å². The molecule has 0 radical (unpaired) electrons. The van der Waals surface area contributed by atoms with Gasteiger partial charge in [0.1, 0.15) is 0 Å². The van der Waals surface area contributed by atoms with Gasteiger partial charge >= 0.3 is 0 Å². The standard InChI is InChI=1S/C23H27ClN4O4/c1-16-18(24)3-2-4-19(16)26-22(29)12-25-23(30)14-28-9-7-27(8-10-28)13-17-5-6-20-21(11-17)32-15-31-20/h2-6,11H,7-10,12-15H2,1H3,(H,25,30)(H,26,29). The summed E-state index contributed by atoms with van der Waals surface area (Å²) in [6.45, 7) is 6.49. The van der Waals surface area contributed by atoms with Crippen LogP contribution in [0.2, 0.25) is 5.02 Å². The van der Waals surface area contributed by atoms with Crippen molar-refractivity contribution in [2.75, 3.05) is 51.4 Å². The molecule has 2 aromatic rings. The third-order valence-corrected chi connectivity index (χ3v) is 6.07. The van der Waals surface area contributed by atoms with Crippen LogP contribution in [0.25, 0.3) is 0 Å². The van der Waals surface area contributed by atoms with Crippen molar-refractivity contribution in [3.8, 4) is 11.5 Å². The van der Waals surface area contributed by atoms with Gasteiger partial charge in [-0.15, -0.1) is 0 Å². The van der Waals surface area contributed by atoms with Gasteiger partial charge in [0.15, 0.2) is 11.5 Å². The Bertz CT molecular complexity index is 992. The molecular weight excluding hydrogens is 432 g/mol. The number of hydrogen-bond acceptors (Lipinski definition) is 6. The van der Waals surface area contributed by atoms with Crippen LogP contribution in [-0.2, 0) is 16.1 Å². The Hall–Kier alpha value is -2.81. The summed E-state index contributed by atoms with van der Waals surface area (Å²) in [4.78, 5) is 28.9. The van der Waals surface area contributed by atoms with Crippen molar-refractivity contribution in [1.29, 1.82) is 0 Å². The van der Waals surface area contributed by atoms with E-state index in [-0.39, 0.29) is 31.7 Å². The van der Waals surface area contributed by atoms with Crippen LogP contribution >= 0.6 is 11.6 Å². The van der Waals surface area contributed by atoms with Crippen LogP contribution in [0.4, 0.5) is 5.69 Å². The summed E-state index contributed by atoms with van der Waals surface area (Å²) in [7, 11) is 0. The molecular formula is C23H27ClN4O4. The number of carbonyl (C=O) groups is 2. The van der Waals surface area contributed by atoms with E-state index < -0.39 is 0 Å². The van der Waals surface area contributed by atoms with Gasteiger partial charge in [-0.3, -0.25) is 19.4 Å².